The Morgan fingerprint density at radius 2 is 1.97 bits per heavy atom. The number of carbonyl (C=O) groups excluding carboxylic acids is 1. The summed E-state index contributed by atoms with van der Waals surface area (Å²) >= 11 is 2.09. The second-order valence-corrected chi connectivity index (χ2v) is 12.8. The van der Waals surface area contributed by atoms with E-state index >= 15 is 0 Å². The molecule has 4 fully saturated rings. The van der Waals surface area contributed by atoms with Crippen LogP contribution >= 0.6 is 11.8 Å². The van der Waals surface area contributed by atoms with Crippen LogP contribution in [0.25, 0.3) is 0 Å². The van der Waals surface area contributed by atoms with Crippen LogP contribution in [0.4, 0.5) is 0 Å². The van der Waals surface area contributed by atoms with Gasteiger partial charge in [-0.05, 0) is 92.4 Å². The summed E-state index contributed by atoms with van der Waals surface area (Å²) in [5, 5.41) is 13.0. The van der Waals surface area contributed by atoms with Gasteiger partial charge in [0, 0.05) is 29.0 Å². The van der Waals surface area contributed by atoms with Crippen LogP contribution in [0.1, 0.15) is 71.6 Å². The molecule has 0 aromatic heterocycles. The molecule has 4 saturated carbocycles. The molecule has 0 spiro atoms. The van der Waals surface area contributed by atoms with Crippen molar-refractivity contribution >= 4 is 17.7 Å². The molecule has 8 atom stereocenters. The van der Waals surface area contributed by atoms with Crippen molar-refractivity contribution < 1.29 is 14.6 Å². The molecular weight excluding hydrogens is 394 g/mol. The fourth-order valence-corrected chi connectivity index (χ4v) is 9.88. The summed E-state index contributed by atoms with van der Waals surface area (Å²) < 4.78 is 5.24. The highest BCUT2D eigenvalue weighted by Crippen LogP contribution is 2.70. The van der Waals surface area contributed by atoms with Crippen molar-refractivity contribution in [3.8, 4) is 0 Å². The molecule has 5 aliphatic rings. The van der Waals surface area contributed by atoms with Crippen molar-refractivity contribution in [2.45, 2.75) is 82.5 Å². The van der Waals surface area contributed by atoms with Gasteiger partial charge in [-0.15, -0.1) is 0 Å². The third-order valence-corrected chi connectivity index (χ3v) is 11.8. The van der Waals surface area contributed by atoms with Crippen LogP contribution in [0.15, 0.2) is 11.6 Å². The van der Waals surface area contributed by atoms with E-state index < -0.39 is 5.60 Å². The third-order valence-electron chi connectivity index (χ3n) is 10.4. The fourth-order valence-electron chi connectivity index (χ4n) is 8.76. The van der Waals surface area contributed by atoms with Gasteiger partial charge in [-0.25, -0.2) is 4.79 Å². The normalized spacial score (nSPS) is 50.3. The largest absolute Gasteiger partial charge is 0.458 e. The zero-order valence-corrected chi connectivity index (χ0v) is 19.5. The SMILES string of the molecule is C[C@]12CC[C@H](SCCN)C[C@H]1CCC1C2CC[C@]2(C)[C@@H](C3=CC(=O)OC3)CC[C@]12O. The number of aliphatic hydroxyl groups is 1. The number of esters is 1. The number of rotatable bonds is 4. The minimum Gasteiger partial charge on any atom is -0.458 e. The lowest BCUT2D eigenvalue weighted by Gasteiger charge is -2.64. The quantitative estimate of drug-likeness (QED) is 0.647. The summed E-state index contributed by atoms with van der Waals surface area (Å²) in [5.74, 6) is 3.04. The topological polar surface area (TPSA) is 72.6 Å². The minimum absolute atomic E-state index is 0.120. The Kier molecular flexibility index (Phi) is 5.35. The zero-order chi connectivity index (χ0) is 21.1. The fraction of sp³-hybridized carbons (Fsp3) is 0.880. The lowest BCUT2D eigenvalue weighted by Crippen LogP contribution is -2.62. The Hall–Kier alpha value is -0.520. The van der Waals surface area contributed by atoms with Crippen LogP contribution in [0.3, 0.4) is 0 Å². The molecule has 0 bridgehead atoms. The summed E-state index contributed by atoms with van der Waals surface area (Å²) in [7, 11) is 0. The first-order valence-corrected chi connectivity index (χ1v) is 13.3. The molecule has 0 amide bonds. The van der Waals surface area contributed by atoms with E-state index in [0.29, 0.717) is 29.8 Å². The molecular formula is C25H39NO3S. The first-order chi connectivity index (χ1) is 14.3. The second kappa shape index (κ2) is 7.52. The Labute approximate surface area is 185 Å². The molecule has 30 heavy (non-hydrogen) atoms. The number of hydrogen-bond acceptors (Lipinski definition) is 5. The Morgan fingerprint density at radius 1 is 1.13 bits per heavy atom. The van der Waals surface area contributed by atoms with E-state index in [9.17, 15) is 9.90 Å². The lowest BCUT2D eigenvalue weighted by atomic mass is 9.43. The Morgan fingerprint density at radius 3 is 2.70 bits per heavy atom. The van der Waals surface area contributed by atoms with Crippen LogP contribution in [0.2, 0.25) is 0 Å². The van der Waals surface area contributed by atoms with Gasteiger partial charge in [0.15, 0.2) is 0 Å². The van der Waals surface area contributed by atoms with Crippen molar-refractivity contribution in [3.05, 3.63) is 11.6 Å². The predicted molar refractivity (Wildman–Crippen MR) is 121 cm³/mol. The number of thioether (sulfide) groups is 1. The molecule has 0 aromatic carbocycles. The smallest absolute Gasteiger partial charge is 0.331 e. The van der Waals surface area contributed by atoms with Crippen molar-refractivity contribution in [3.63, 3.8) is 0 Å². The maximum Gasteiger partial charge on any atom is 0.331 e. The second-order valence-electron chi connectivity index (χ2n) is 11.3. The Bertz CT molecular complexity index is 740. The molecule has 4 aliphatic carbocycles. The molecule has 1 aliphatic heterocycles. The van der Waals surface area contributed by atoms with E-state index in [1.54, 1.807) is 6.08 Å². The molecule has 5 heteroatoms. The minimum atomic E-state index is -0.591. The van der Waals surface area contributed by atoms with Crippen LogP contribution in [0.5, 0.6) is 0 Å². The summed E-state index contributed by atoms with van der Waals surface area (Å²) in [6.07, 6.45) is 12.3. The number of nitrogens with two attached hydrogens (primary N) is 1. The van der Waals surface area contributed by atoms with Crippen LogP contribution < -0.4 is 5.73 Å². The average Bonchev–Trinajstić information content (AvgIpc) is 3.26. The maximum absolute atomic E-state index is 12.3. The van der Waals surface area contributed by atoms with Gasteiger partial charge in [0.25, 0.3) is 0 Å². The molecule has 2 unspecified atom stereocenters. The van der Waals surface area contributed by atoms with E-state index in [1.165, 1.54) is 38.5 Å². The van der Waals surface area contributed by atoms with Gasteiger partial charge in [0.1, 0.15) is 6.61 Å². The number of cyclic esters (lactones) is 1. The molecule has 4 nitrogen and oxygen atoms in total. The van der Waals surface area contributed by atoms with Gasteiger partial charge in [-0.2, -0.15) is 11.8 Å². The van der Waals surface area contributed by atoms with Crippen molar-refractivity contribution in [1.82, 2.24) is 0 Å². The van der Waals surface area contributed by atoms with Crippen LogP contribution in [-0.4, -0.2) is 40.8 Å². The van der Waals surface area contributed by atoms with Gasteiger partial charge in [-0.1, -0.05) is 13.8 Å². The highest BCUT2D eigenvalue weighted by Gasteiger charge is 2.67. The van der Waals surface area contributed by atoms with E-state index in [0.717, 1.165) is 48.3 Å². The monoisotopic (exact) mass is 433 g/mol. The lowest BCUT2D eigenvalue weighted by molar-refractivity contribution is -0.203. The van der Waals surface area contributed by atoms with Gasteiger partial charge >= 0.3 is 5.97 Å². The summed E-state index contributed by atoms with van der Waals surface area (Å²) in [6, 6.07) is 0. The first kappa shape index (κ1) is 21.3. The van der Waals surface area contributed by atoms with Gasteiger partial charge in [0.05, 0.1) is 5.60 Å². The van der Waals surface area contributed by atoms with Crippen LogP contribution in [-0.2, 0) is 9.53 Å². The zero-order valence-electron chi connectivity index (χ0n) is 18.7. The molecule has 5 rings (SSSR count). The summed E-state index contributed by atoms with van der Waals surface area (Å²) in [4.78, 5) is 11.7. The van der Waals surface area contributed by atoms with Crippen molar-refractivity contribution in [2.75, 3.05) is 18.9 Å². The van der Waals surface area contributed by atoms with E-state index in [2.05, 4.69) is 25.6 Å². The van der Waals surface area contributed by atoms with Gasteiger partial charge < -0.3 is 15.6 Å². The molecule has 0 aromatic rings. The third kappa shape index (κ3) is 2.97. The predicted octanol–water partition coefficient (Wildman–Crippen LogP) is 4.30. The standard InChI is InChI=1S/C25H39NO3S/c1-23-8-5-18(30-12-11-26)14-17(23)3-4-21-20(23)6-9-24(2)19(7-10-25(21,24)28)16-13-22(27)29-15-16/h13,17-21,28H,3-12,14-15,26H2,1-2H3/t17-,18+,19-,20?,21?,23+,24-,25+/m1/s1. The number of fused-ring (bicyclic) bond motifs is 5. The summed E-state index contributed by atoms with van der Waals surface area (Å²) in [6.45, 7) is 6.10. The first-order valence-electron chi connectivity index (χ1n) is 12.2. The highest BCUT2D eigenvalue weighted by atomic mass is 32.2. The number of carbonyl (C=O) groups is 1. The molecule has 1 heterocycles. The van der Waals surface area contributed by atoms with Gasteiger partial charge in [0.2, 0.25) is 0 Å². The molecule has 0 radical (unpaired) electrons. The molecule has 168 valence electrons. The average molecular weight is 434 g/mol. The summed E-state index contributed by atoms with van der Waals surface area (Å²) in [5.41, 5.74) is 6.55. The number of hydrogen-bond donors (Lipinski definition) is 2. The van der Waals surface area contributed by atoms with Gasteiger partial charge in [-0.3, -0.25) is 0 Å². The van der Waals surface area contributed by atoms with Crippen LogP contribution in [0, 0.1) is 34.5 Å². The maximum atomic E-state index is 12.3. The highest BCUT2D eigenvalue weighted by molar-refractivity contribution is 7.99. The molecule has 0 saturated heterocycles. The van der Waals surface area contributed by atoms with E-state index in [4.69, 9.17) is 10.5 Å². The van der Waals surface area contributed by atoms with Crippen molar-refractivity contribution in [1.29, 1.82) is 0 Å². The number of ether oxygens (including phenoxy) is 1. The Balaban J connectivity index is 1.38. The van der Waals surface area contributed by atoms with Crippen molar-refractivity contribution in [2.24, 2.45) is 40.2 Å². The molecule has 3 N–H and O–H groups in total. The van der Waals surface area contributed by atoms with E-state index in [-0.39, 0.29) is 11.4 Å². The van der Waals surface area contributed by atoms with E-state index in [1.807, 2.05) is 0 Å².